The average molecular weight is 227 g/mol. The molecule has 0 atom stereocenters. The van der Waals surface area contributed by atoms with Crippen LogP contribution in [-0.2, 0) is 0 Å². The van der Waals surface area contributed by atoms with Gasteiger partial charge in [0.15, 0.2) is 5.82 Å². The highest BCUT2D eigenvalue weighted by atomic mass is 35.5. The van der Waals surface area contributed by atoms with Crippen molar-refractivity contribution >= 4 is 23.2 Å². The van der Waals surface area contributed by atoms with Crippen LogP contribution < -0.4 is 10.6 Å². The first-order valence-electron chi connectivity index (χ1n) is 4.82. The van der Waals surface area contributed by atoms with Crippen LogP contribution in [-0.4, -0.2) is 23.1 Å². The van der Waals surface area contributed by atoms with Crippen LogP contribution in [0.25, 0.3) is 0 Å². The standard InChI is InChI=1S/C10H15ClN4/c1-3-5-15(6-4-2)10-8(11)9(12)13-7-14-10/h3,7H,1,4-6H2,2H3,(H2,12,13,14). The Morgan fingerprint density at radius 2 is 2.33 bits per heavy atom. The first-order valence-corrected chi connectivity index (χ1v) is 5.20. The van der Waals surface area contributed by atoms with Crippen molar-refractivity contribution in [3.8, 4) is 0 Å². The summed E-state index contributed by atoms with van der Waals surface area (Å²) in [5.74, 6) is 0.984. The van der Waals surface area contributed by atoms with E-state index in [1.807, 2.05) is 11.0 Å². The molecule has 4 nitrogen and oxygen atoms in total. The lowest BCUT2D eigenvalue weighted by Crippen LogP contribution is -2.25. The van der Waals surface area contributed by atoms with Crippen LogP contribution in [0.5, 0.6) is 0 Å². The molecule has 0 spiro atoms. The Balaban J connectivity index is 2.99. The monoisotopic (exact) mass is 226 g/mol. The van der Waals surface area contributed by atoms with Gasteiger partial charge in [-0.25, -0.2) is 9.97 Å². The molecule has 1 aromatic heterocycles. The number of nitrogens with two attached hydrogens (primary N) is 1. The Morgan fingerprint density at radius 1 is 1.60 bits per heavy atom. The van der Waals surface area contributed by atoms with Gasteiger partial charge in [-0.05, 0) is 6.42 Å². The third-order valence-electron chi connectivity index (χ3n) is 1.94. The van der Waals surface area contributed by atoms with Crippen LogP contribution in [0.15, 0.2) is 19.0 Å². The van der Waals surface area contributed by atoms with Crippen molar-refractivity contribution in [3.63, 3.8) is 0 Å². The fourth-order valence-electron chi connectivity index (χ4n) is 1.30. The summed E-state index contributed by atoms with van der Waals surface area (Å²) in [5.41, 5.74) is 5.62. The number of rotatable bonds is 5. The minimum atomic E-state index is 0.312. The zero-order valence-corrected chi connectivity index (χ0v) is 9.54. The molecular weight excluding hydrogens is 212 g/mol. The number of anilines is 2. The maximum Gasteiger partial charge on any atom is 0.153 e. The maximum atomic E-state index is 6.03. The SMILES string of the molecule is C=CCN(CCC)c1ncnc(N)c1Cl. The van der Waals surface area contributed by atoms with Crippen molar-refractivity contribution in [3.05, 3.63) is 24.0 Å². The molecule has 0 fully saturated rings. The summed E-state index contributed by atoms with van der Waals surface area (Å²) in [5, 5.41) is 0.410. The van der Waals surface area contributed by atoms with Crippen molar-refractivity contribution in [2.24, 2.45) is 0 Å². The molecule has 0 aliphatic carbocycles. The number of hydrogen-bond acceptors (Lipinski definition) is 4. The zero-order chi connectivity index (χ0) is 11.3. The largest absolute Gasteiger partial charge is 0.382 e. The Hall–Kier alpha value is -1.29. The number of nitrogens with zero attached hydrogens (tertiary/aromatic N) is 3. The summed E-state index contributed by atoms with van der Waals surface area (Å²) in [6.07, 6.45) is 4.24. The van der Waals surface area contributed by atoms with Crippen LogP contribution in [0, 0.1) is 0 Å². The van der Waals surface area contributed by atoms with Crippen LogP contribution in [0.4, 0.5) is 11.6 Å². The van der Waals surface area contributed by atoms with Gasteiger partial charge in [0.2, 0.25) is 0 Å². The third kappa shape index (κ3) is 2.83. The Bertz CT molecular complexity index is 340. The molecule has 82 valence electrons. The molecule has 0 saturated heterocycles. The van der Waals surface area contributed by atoms with Crippen LogP contribution >= 0.6 is 11.6 Å². The molecule has 1 aromatic rings. The zero-order valence-electron chi connectivity index (χ0n) is 8.78. The maximum absolute atomic E-state index is 6.03. The smallest absolute Gasteiger partial charge is 0.153 e. The van der Waals surface area contributed by atoms with Gasteiger partial charge in [-0.3, -0.25) is 0 Å². The summed E-state index contributed by atoms with van der Waals surface area (Å²) in [6, 6.07) is 0. The lowest BCUT2D eigenvalue weighted by molar-refractivity contribution is 0.800. The summed E-state index contributed by atoms with van der Waals surface area (Å²) in [7, 11) is 0. The molecule has 2 N–H and O–H groups in total. The number of aromatic nitrogens is 2. The normalized spacial score (nSPS) is 10.0. The highest BCUT2D eigenvalue weighted by Gasteiger charge is 2.12. The molecule has 0 unspecified atom stereocenters. The van der Waals surface area contributed by atoms with Crippen molar-refractivity contribution in [1.82, 2.24) is 9.97 Å². The van der Waals surface area contributed by atoms with Crippen LogP contribution in [0.3, 0.4) is 0 Å². The number of halogens is 1. The summed E-state index contributed by atoms with van der Waals surface area (Å²) in [6.45, 7) is 7.35. The topological polar surface area (TPSA) is 55.0 Å². The quantitative estimate of drug-likeness (QED) is 0.782. The van der Waals surface area contributed by atoms with E-state index in [-0.39, 0.29) is 0 Å². The number of hydrogen-bond donors (Lipinski definition) is 1. The predicted octanol–water partition coefficient (Wildman–Crippen LogP) is 2.11. The average Bonchev–Trinajstić information content (AvgIpc) is 2.22. The van der Waals surface area contributed by atoms with Gasteiger partial charge >= 0.3 is 0 Å². The lowest BCUT2D eigenvalue weighted by atomic mass is 10.3. The molecule has 0 aliphatic rings. The molecular formula is C10H15ClN4. The first-order chi connectivity index (χ1) is 7.20. The molecule has 0 radical (unpaired) electrons. The van der Waals surface area contributed by atoms with Crippen LogP contribution in [0.2, 0.25) is 5.02 Å². The van der Waals surface area contributed by atoms with E-state index in [1.165, 1.54) is 6.33 Å². The van der Waals surface area contributed by atoms with Gasteiger partial charge in [-0.1, -0.05) is 24.6 Å². The predicted molar refractivity (Wildman–Crippen MR) is 64.2 cm³/mol. The van der Waals surface area contributed by atoms with Crippen molar-refractivity contribution in [2.45, 2.75) is 13.3 Å². The summed E-state index contributed by atoms with van der Waals surface area (Å²) >= 11 is 6.03. The fourth-order valence-corrected chi connectivity index (χ4v) is 1.52. The van der Waals surface area contributed by atoms with E-state index in [1.54, 1.807) is 0 Å². The van der Waals surface area contributed by atoms with E-state index in [0.717, 1.165) is 13.0 Å². The fraction of sp³-hybridized carbons (Fsp3) is 0.400. The highest BCUT2D eigenvalue weighted by Crippen LogP contribution is 2.26. The Morgan fingerprint density at radius 3 is 2.93 bits per heavy atom. The van der Waals surface area contributed by atoms with E-state index >= 15 is 0 Å². The molecule has 0 saturated carbocycles. The van der Waals surface area contributed by atoms with Crippen molar-refractivity contribution in [2.75, 3.05) is 23.7 Å². The molecule has 15 heavy (non-hydrogen) atoms. The van der Waals surface area contributed by atoms with E-state index in [0.29, 0.717) is 23.2 Å². The van der Waals surface area contributed by atoms with Gasteiger partial charge in [-0.2, -0.15) is 0 Å². The molecule has 1 heterocycles. The van der Waals surface area contributed by atoms with Gasteiger partial charge < -0.3 is 10.6 Å². The third-order valence-corrected chi connectivity index (χ3v) is 2.30. The van der Waals surface area contributed by atoms with Crippen molar-refractivity contribution in [1.29, 1.82) is 0 Å². The minimum absolute atomic E-state index is 0.312. The first kappa shape index (κ1) is 11.8. The molecule has 1 rings (SSSR count). The second-order valence-electron chi connectivity index (χ2n) is 3.13. The second kappa shape index (κ2) is 5.56. The molecule has 0 bridgehead atoms. The Labute approximate surface area is 94.8 Å². The van der Waals surface area contributed by atoms with Crippen molar-refractivity contribution < 1.29 is 0 Å². The van der Waals surface area contributed by atoms with Gasteiger partial charge in [0.05, 0.1) is 0 Å². The van der Waals surface area contributed by atoms with Gasteiger partial charge in [-0.15, -0.1) is 6.58 Å². The molecule has 0 aliphatic heterocycles. The van der Waals surface area contributed by atoms with Gasteiger partial charge in [0, 0.05) is 13.1 Å². The highest BCUT2D eigenvalue weighted by molar-refractivity contribution is 6.35. The van der Waals surface area contributed by atoms with E-state index < -0.39 is 0 Å². The minimum Gasteiger partial charge on any atom is -0.382 e. The number of nitrogen functional groups attached to an aromatic ring is 1. The van der Waals surface area contributed by atoms with Gasteiger partial charge in [0.25, 0.3) is 0 Å². The Kier molecular flexibility index (Phi) is 4.37. The molecule has 0 aromatic carbocycles. The second-order valence-corrected chi connectivity index (χ2v) is 3.51. The van der Waals surface area contributed by atoms with E-state index in [9.17, 15) is 0 Å². The van der Waals surface area contributed by atoms with Crippen LogP contribution in [0.1, 0.15) is 13.3 Å². The summed E-state index contributed by atoms with van der Waals surface area (Å²) < 4.78 is 0. The van der Waals surface area contributed by atoms with E-state index in [2.05, 4.69) is 23.5 Å². The van der Waals surface area contributed by atoms with E-state index in [4.69, 9.17) is 17.3 Å². The lowest BCUT2D eigenvalue weighted by Gasteiger charge is -2.22. The molecule has 5 heteroatoms. The summed E-state index contributed by atoms with van der Waals surface area (Å²) in [4.78, 5) is 9.98. The van der Waals surface area contributed by atoms with Gasteiger partial charge in [0.1, 0.15) is 17.2 Å². The molecule has 0 amide bonds.